The van der Waals surface area contributed by atoms with Crippen LogP contribution < -0.4 is 0 Å². The maximum Gasteiger partial charge on any atom is 0.190 e. The predicted octanol–water partition coefficient (Wildman–Crippen LogP) is 4.11. The van der Waals surface area contributed by atoms with E-state index < -0.39 is 30.4 Å². The average Bonchev–Trinajstić information content (AvgIpc) is 3.27. The fraction of sp³-hybridized carbons (Fsp3) is 0.500. The summed E-state index contributed by atoms with van der Waals surface area (Å²) in [5.41, 5.74) is 1.88. The quantitative estimate of drug-likeness (QED) is 0.824. The standard InChI is InChI=1S/C24H28O5/c25-19(18-12-6-2-7-13-18)20-21(26-16-17-10-4-1-5-11-17)22-23(27-20)29-24(28-22)14-8-3-9-15-24/h1-2,4-7,10-13,19-23,25H,3,8-9,14-16H2/t19-,20+,21-,22+,23+/m0/s1. The fourth-order valence-electron chi connectivity index (χ4n) is 4.73. The van der Waals surface area contributed by atoms with Gasteiger partial charge in [0, 0.05) is 12.8 Å². The number of hydrogen-bond acceptors (Lipinski definition) is 5. The Morgan fingerprint density at radius 3 is 2.34 bits per heavy atom. The number of benzene rings is 2. The molecule has 0 aromatic heterocycles. The Balaban J connectivity index is 1.36. The van der Waals surface area contributed by atoms with E-state index >= 15 is 0 Å². The molecule has 2 aliphatic heterocycles. The summed E-state index contributed by atoms with van der Waals surface area (Å²) >= 11 is 0. The molecule has 0 unspecified atom stereocenters. The monoisotopic (exact) mass is 396 g/mol. The zero-order valence-corrected chi connectivity index (χ0v) is 16.5. The van der Waals surface area contributed by atoms with Crippen LogP contribution >= 0.6 is 0 Å². The van der Waals surface area contributed by atoms with Gasteiger partial charge in [0.1, 0.15) is 24.4 Å². The number of rotatable bonds is 5. The van der Waals surface area contributed by atoms with Crippen molar-refractivity contribution in [2.75, 3.05) is 0 Å². The lowest BCUT2D eigenvalue weighted by molar-refractivity contribution is -0.257. The lowest BCUT2D eigenvalue weighted by Gasteiger charge is -2.34. The number of fused-ring (bicyclic) bond motifs is 1. The molecule has 1 saturated carbocycles. The first-order valence-electron chi connectivity index (χ1n) is 10.6. The second-order valence-electron chi connectivity index (χ2n) is 8.26. The van der Waals surface area contributed by atoms with Crippen molar-refractivity contribution in [3.8, 4) is 0 Å². The predicted molar refractivity (Wildman–Crippen MR) is 107 cm³/mol. The third-order valence-electron chi connectivity index (χ3n) is 6.24. The number of hydrogen-bond donors (Lipinski definition) is 1. The maximum atomic E-state index is 11.0. The summed E-state index contributed by atoms with van der Waals surface area (Å²) in [6, 6.07) is 19.6. The Labute approximate surface area is 171 Å². The first-order valence-corrected chi connectivity index (χ1v) is 10.6. The van der Waals surface area contributed by atoms with E-state index in [2.05, 4.69) is 0 Å². The minimum Gasteiger partial charge on any atom is -0.386 e. The third-order valence-corrected chi connectivity index (χ3v) is 6.24. The molecule has 0 bridgehead atoms. The molecule has 5 rings (SSSR count). The summed E-state index contributed by atoms with van der Waals surface area (Å²) in [5, 5.41) is 11.0. The summed E-state index contributed by atoms with van der Waals surface area (Å²) in [6.07, 6.45) is 2.61. The highest BCUT2D eigenvalue weighted by Gasteiger charge is 2.59. The van der Waals surface area contributed by atoms with Crippen LogP contribution in [0.4, 0.5) is 0 Å². The highest BCUT2D eigenvalue weighted by Crippen LogP contribution is 2.47. The van der Waals surface area contributed by atoms with Gasteiger partial charge in [-0.3, -0.25) is 0 Å². The van der Waals surface area contributed by atoms with Crippen LogP contribution in [0.3, 0.4) is 0 Å². The van der Waals surface area contributed by atoms with E-state index in [9.17, 15) is 5.11 Å². The van der Waals surface area contributed by atoms with Crippen LogP contribution in [0.25, 0.3) is 0 Å². The molecule has 5 heteroatoms. The molecule has 3 aliphatic rings. The van der Waals surface area contributed by atoms with E-state index in [1.165, 1.54) is 6.42 Å². The number of aliphatic hydroxyl groups excluding tert-OH is 1. The normalized spacial score (nSPS) is 31.6. The molecule has 5 nitrogen and oxygen atoms in total. The van der Waals surface area contributed by atoms with Gasteiger partial charge in [-0.15, -0.1) is 0 Å². The van der Waals surface area contributed by atoms with Gasteiger partial charge < -0.3 is 24.1 Å². The minimum atomic E-state index is -0.808. The van der Waals surface area contributed by atoms with Gasteiger partial charge in [0.05, 0.1) is 6.61 Å². The second-order valence-corrected chi connectivity index (χ2v) is 8.26. The SMILES string of the molecule is O[C@@H](c1ccccc1)[C@H]1O[C@@H]2OC3(CCCCC3)O[C@@H]2[C@H]1OCc1ccccc1. The molecule has 1 aliphatic carbocycles. The molecule has 1 spiro atoms. The van der Waals surface area contributed by atoms with E-state index in [1.807, 2.05) is 60.7 Å². The lowest BCUT2D eigenvalue weighted by Crippen LogP contribution is -2.41. The van der Waals surface area contributed by atoms with Crippen molar-refractivity contribution in [2.45, 2.75) is 75.2 Å². The van der Waals surface area contributed by atoms with Crippen LogP contribution in [-0.4, -0.2) is 35.5 Å². The Hall–Kier alpha value is -1.76. The molecule has 3 fully saturated rings. The van der Waals surface area contributed by atoms with Gasteiger partial charge >= 0.3 is 0 Å². The Kier molecular flexibility index (Phi) is 5.41. The molecule has 29 heavy (non-hydrogen) atoms. The molecular weight excluding hydrogens is 368 g/mol. The third kappa shape index (κ3) is 3.86. The van der Waals surface area contributed by atoms with Crippen molar-refractivity contribution < 1.29 is 24.1 Å². The van der Waals surface area contributed by atoms with Crippen LogP contribution in [0.15, 0.2) is 60.7 Å². The first-order chi connectivity index (χ1) is 14.2. The largest absolute Gasteiger partial charge is 0.386 e. The van der Waals surface area contributed by atoms with Crippen molar-refractivity contribution in [3.05, 3.63) is 71.8 Å². The van der Waals surface area contributed by atoms with Crippen molar-refractivity contribution >= 4 is 0 Å². The van der Waals surface area contributed by atoms with E-state index in [4.69, 9.17) is 18.9 Å². The first kappa shape index (κ1) is 19.2. The lowest BCUT2D eigenvalue weighted by atomic mass is 9.94. The minimum absolute atomic E-state index is 0.333. The van der Waals surface area contributed by atoms with Crippen LogP contribution in [0.5, 0.6) is 0 Å². The summed E-state index contributed by atoms with van der Waals surface area (Å²) < 4.78 is 25.2. The molecule has 2 heterocycles. The molecule has 1 N–H and O–H groups in total. The zero-order chi connectivity index (χ0) is 19.7. The van der Waals surface area contributed by atoms with Gasteiger partial charge in [-0.05, 0) is 24.0 Å². The van der Waals surface area contributed by atoms with E-state index in [0.29, 0.717) is 6.61 Å². The molecule has 0 amide bonds. The van der Waals surface area contributed by atoms with E-state index in [1.54, 1.807) is 0 Å². The molecule has 2 aromatic carbocycles. The highest BCUT2D eigenvalue weighted by molar-refractivity contribution is 5.20. The van der Waals surface area contributed by atoms with E-state index in [0.717, 1.165) is 36.8 Å². The van der Waals surface area contributed by atoms with Gasteiger partial charge in [-0.2, -0.15) is 0 Å². The van der Waals surface area contributed by atoms with Gasteiger partial charge in [-0.25, -0.2) is 0 Å². The Bertz CT molecular complexity index is 789. The molecule has 2 saturated heterocycles. The fourth-order valence-corrected chi connectivity index (χ4v) is 4.73. The maximum absolute atomic E-state index is 11.0. The molecule has 154 valence electrons. The van der Waals surface area contributed by atoms with Crippen LogP contribution in [-0.2, 0) is 25.6 Å². The number of ether oxygens (including phenoxy) is 4. The number of aliphatic hydroxyl groups is 1. The van der Waals surface area contributed by atoms with Crippen molar-refractivity contribution in [3.63, 3.8) is 0 Å². The van der Waals surface area contributed by atoms with Crippen molar-refractivity contribution in [1.82, 2.24) is 0 Å². The summed E-state index contributed by atoms with van der Waals surface area (Å²) in [5.74, 6) is -0.551. The van der Waals surface area contributed by atoms with E-state index in [-0.39, 0.29) is 6.10 Å². The van der Waals surface area contributed by atoms with Gasteiger partial charge in [0.25, 0.3) is 0 Å². The highest BCUT2D eigenvalue weighted by atomic mass is 16.8. The van der Waals surface area contributed by atoms with Crippen LogP contribution in [0.2, 0.25) is 0 Å². The Morgan fingerprint density at radius 1 is 0.931 bits per heavy atom. The summed E-state index contributed by atoms with van der Waals surface area (Å²) in [7, 11) is 0. The smallest absolute Gasteiger partial charge is 0.190 e. The molecule has 2 aromatic rings. The summed E-state index contributed by atoms with van der Waals surface area (Å²) in [4.78, 5) is 0. The molecule has 5 atom stereocenters. The van der Waals surface area contributed by atoms with Crippen LogP contribution in [0, 0.1) is 0 Å². The average molecular weight is 396 g/mol. The van der Waals surface area contributed by atoms with Gasteiger partial charge in [-0.1, -0.05) is 67.1 Å². The second kappa shape index (κ2) is 8.17. The molecular formula is C24H28O5. The molecule has 0 radical (unpaired) electrons. The zero-order valence-electron chi connectivity index (χ0n) is 16.5. The van der Waals surface area contributed by atoms with Gasteiger partial charge in [0.15, 0.2) is 12.1 Å². The van der Waals surface area contributed by atoms with Crippen molar-refractivity contribution in [1.29, 1.82) is 0 Å². The Morgan fingerprint density at radius 2 is 1.62 bits per heavy atom. The van der Waals surface area contributed by atoms with Gasteiger partial charge in [0.2, 0.25) is 0 Å². The van der Waals surface area contributed by atoms with Crippen LogP contribution in [0.1, 0.15) is 49.3 Å². The van der Waals surface area contributed by atoms with Crippen molar-refractivity contribution in [2.24, 2.45) is 0 Å². The topological polar surface area (TPSA) is 57.2 Å². The summed E-state index contributed by atoms with van der Waals surface area (Å²) in [6.45, 7) is 0.437.